The van der Waals surface area contributed by atoms with Crippen molar-refractivity contribution in [2.24, 2.45) is 0 Å². The van der Waals surface area contributed by atoms with Gasteiger partial charge < -0.3 is 14.4 Å². The number of rotatable bonds is 6. The molecule has 2 atom stereocenters. The molecule has 1 aromatic heterocycles. The maximum absolute atomic E-state index is 13.2. The van der Waals surface area contributed by atoms with Gasteiger partial charge in [0.1, 0.15) is 0 Å². The van der Waals surface area contributed by atoms with E-state index in [4.69, 9.17) is 9.47 Å². The number of carbonyl (C=O) groups excluding carboxylic acids is 1. The van der Waals surface area contributed by atoms with E-state index < -0.39 is 6.10 Å². The van der Waals surface area contributed by atoms with E-state index in [2.05, 4.69) is 4.98 Å². The zero-order chi connectivity index (χ0) is 16.8. The molecule has 0 radical (unpaired) electrons. The second kappa shape index (κ2) is 8.04. The summed E-state index contributed by atoms with van der Waals surface area (Å²) in [7, 11) is 1.56. The lowest BCUT2D eigenvalue weighted by Gasteiger charge is -2.29. The number of ether oxygens (including phenoxy) is 2. The molecule has 24 heavy (non-hydrogen) atoms. The minimum Gasteiger partial charge on any atom is -0.376 e. The fourth-order valence-electron chi connectivity index (χ4n) is 2.99. The highest BCUT2D eigenvalue weighted by atomic mass is 16.5. The summed E-state index contributed by atoms with van der Waals surface area (Å²) in [5.41, 5.74) is 1.65. The molecular weight excluding hydrogens is 304 g/mol. The second-order valence-electron chi connectivity index (χ2n) is 5.82. The fraction of sp³-hybridized carbons (Fsp3) is 0.368. The predicted molar refractivity (Wildman–Crippen MR) is 91.8 cm³/mol. The van der Waals surface area contributed by atoms with Crippen LogP contribution >= 0.6 is 0 Å². The zero-order valence-electron chi connectivity index (χ0n) is 13.8. The van der Waals surface area contributed by atoms with Gasteiger partial charge in [-0.1, -0.05) is 30.3 Å². The standard InChI is InChI=1S/C19H22N2O3/c1-23-18(15-6-3-2-4-7-15)19(22)21(14-17-8-5-13-24-17)16-9-11-20-12-10-16/h2-4,6-7,9-12,17-18H,5,8,13-14H2,1H3/t17-,18-/m0/s1. The Morgan fingerprint density at radius 2 is 2.04 bits per heavy atom. The summed E-state index contributed by atoms with van der Waals surface area (Å²) in [5.74, 6) is -0.0922. The molecule has 1 fully saturated rings. The highest BCUT2D eigenvalue weighted by Crippen LogP contribution is 2.25. The molecule has 1 aliphatic heterocycles. The summed E-state index contributed by atoms with van der Waals surface area (Å²) in [6, 6.07) is 13.2. The lowest BCUT2D eigenvalue weighted by atomic mass is 10.1. The number of amides is 1. The Morgan fingerprint density at radius 1 is 1.29 bits per heavy atom. The normalized spacial score (nSPS) is 18.3. The molecule has 0 spiro atoms. The summed E-state index contributed by atoms with van der Waals surface area (Å²) in [6.07, 6.45) is 4.81. The van der Waals surface area contributed by atoms with Crippen molar-refractivity contribution in [3.8, 4) is 0 Å². The first-order chi connectivity index (χ1) is 11.8. The van der Waals surface area contributed by atoms with Crippen molar-refractivity contribution in [1.82, 2.24) is 4.98 Å². The van der Waals surface area contributed by atoms with Crippen LogP contribution in [0, 0.1) is 0 Å². The van der Waals surface area contributed by atoms with Crippen molar-refractivity contribution >= 4 is 11.6 Å². The third kappa shape index (κ3) is 3.80. The Morgan fingerprint density at radius 3 is 2.67 bits per heavy atom. The van der Waals surface area contributed by atoms with Crippen molar-refractivity contribution in [3.63, 3.8) is 0 Å². The van der Waals surface area contributed by atoms with Crippen LogP contribution in [0.3, 0.4) is 0 Å². The van der Waals surface area contributed by atoms with Crippen LogP contribution in [-0.2, 0) is 14.3 Å². The summed E-state index contributed by atoms with van der Waals surface area (Å²) in [4.78, 5) is 19.0. The molecule has 0 N–H and O–H groups in total. The Kier molecular flexibility index (Phi) is 5.56. The topological polar surface area (TPSA) is 51.7 Å². The van der Waals surface area contributed by atoms with Crippen LogP contribution < -0.4 is 4.90 Å². The van der Waals surface area contributed by atoms with Gasteiger partial charge in [-0.05, 0) is 30.5 Å². The average Bonchev–Trinajstić information content (AvgIpc) is 3.15. The van der Waals surface area contributed by atoms with Crippen molar-refractivity contribution in [3.05, 3.63) is 60.4 Å². The first-order valence-corrected chi connectivity index (χ1v) is 8.20. The number of benzene rings is 1. The van der Waals surface area contributed by atoms with Gasteiger partial charge in [0, 0.05) is 31.8 Å². The number of hydrogen-bond acceptors (Lipinski definition) is 4. The SMILES string of the molecule is CO[C@H](C(=O)N(C[C@@H]1CCCO1)c1ccncc1)c1ccccc1. The van der Waals surface area contributed by atoms with Crippen molar-refractivity contribution in [1.29, 1.82) is 0 Å². The van der Waals surface area contributed by atoms with Gasteiger partial charge in [0.15, 0.2) is 6.10 Å². The first kappa shape index (κ1) is 16.6. The fourth-order valence-corrected chi connectivity index (χ4v) is 2.99. The summed E-state index contributed by atoms with van der Waals surface area (Å²) in [5, 5.41) is 0. The maximum Gasteiger partial charge on any atom is 0.260 e. The second-order valence-corrected chi connectivity index (χ2v) is 5.82. The van der Waals surface area contributed by atoms with E-state index in [-0.39, 0.29) is 12.0 Å². The van der Waals surface area contributed by atoms with Gasteiger partial charge in [0.2, 0.25) is 0 Å². The molecule has 5 nitrogen and oxygen atoms in total. The summed E-state index contributed by atoms with van der Waals surface area (Å²) < 4.78 is 11.2. The molecule has 1 aromatic carbocycles. The first-order valence-electron chi connectivity index (χ1n) is 8.20. The van der Waals surface area contributed by atoms with Crippen molar-refractivity contribution in [2.45, 2.75) is 25.0 Å². The minimum atomic E-state index is -0.638. The molecule has 126 valence electrons. The Labute approximate surface area is 142 Å². The molecule has 3 rings (SSSR count). The van der Waals surface area contributed by atoms with Crippen LogP contribution in [0.25, 0.3) is 0 Å². The molecule has 5 heteroatoms. The molecule has 0 saturated carbocycles. The minimum absolute atomic E-state index is 0.0652. The molecule has 0 unspecified atom stereocenters. The number of nitrogens with zero attached hydrogens (tertiary/aromatic N) is 2. The zero-order valence-corrected chi connectivity index (χ0v) is 13.8. The smallest absolute Gasteiger partial charge is 0.260 e. The van der Waals surface area contributed by atoms with Gasteiger partial charge >= 0.3 is 0 Å². The quantitative estimate of drug-likeness (QED) is 0.819. The molecule has 2 heterocycles. The van der Waals surface area contributed by atoms with Crippen LogP contribution in [0.1, 0.15) is 24.5 Å². The van der Waals surface area contributed by atoms with Crippen LogP contribution in [-0.4, -0.2) is 37.3 Å². The Bertz CT molecular complexity index is 642. The van der Waals surface area contributed by atoms with E-state index >= 15 is 0 Å². The van der Waals surface area contributed by atoms with Gasteiger partial charge in [-0.25, -0.2) is 0 Å². The average molecular weight is 326 g/mol. The molecule has 1 amide bonds. The van der Waals surface area contributed by atoms with Crippen LogP contribution in [0.2, 0.25) is 0 Å². The number of hydrogen-bond donors (Lipinski definition) is 0. The molecule has 0 aliphatic carbocycles. The van der Waals surface area contributed by atoms with Gasteiger partial charge in [-0.2, -0.15) is 0 Å². The lowest BCUT2D eigenvalue weighted by Crippen LogP contribution is -2.41. The molecular formula is C19H22N2O3. The monoisotopic (exact) mass is 326 g/mol. The molecule has 1 saturated heterocycles. The van der Waals surface area contributed by atoms with Crippen molar-refractivity contribution < 1.29 is 14.3 Å². The van der Waals surface area contributed by atoms with E-state index in [0.29, 0.717) is 6.54 Å². The third-order valence-corrected chi connectivity index (χ3v) is 4.21. The van der Waals surface area contributed by atoms with Gasteiger partial charge in [-0.3, -0.25) is 9.78 Å². The number of anilines is 1. The van der Waals surface area contributed by atoms with E-state index in [1.54, 1.807) is 24.4 Å². The van der Waals surface area contributed by atoms with Gasteiger partial charge in [-0.15, -0.1) is 0 Å². The largest absolute Gasteiger partial charge is 0.376 e. The summed E-state index contributed by atoms with van der Waals surface area (Å²) in [6.45, 7) is 1.28. The number of carbonyl (C=O) groups is 1. The van der Waals surface area contributed by atoms with E-state index in [1.807, 2.05) is 42.5 Å². The van der Waals surface area contributed by atoms with E-state index in [9.17, 15) is 4.79 Å². The van der Waals surface area contributed by atoms with Crippen LogP contribution in [0.15, 0.2) is 54.9 Å². The highest BCUT2D eigenvalue weighted by Gasteiger charge is 2.30. The number of pyridine rings is 1. The van der Waals surface area contributed by atoms with E-state index in [0.717, 1.165) is 30.7 Å². The van der Waals surface area contributed by atoms with Crippen molar-refractivity contribution in [2.75, 3.05) is 25.2 Å². The summed E-state index contributed by atoms with van der Waals surface area (Å²) >= 11 is 0. The number of aromatic nitrogens is 1. The van der Waals surface area contributed by atoms with Crippen LogP contribution in [0.4, 0.5) is 5.69 Å². The van der Waals surface area contributed by atoms with E-state index in [1.165, 1.54) is 0 Å². The van der Waals surface area contributed by atoms with Crippen LogP contribution in [0.5, 0.6) is 0 Å². The maximum atomic E-state index is 13.2. The third-order valence-electron chi connectivity index (χ3n) is 4.21. The molecule has 1 aliphatic rings. The van der Waals surface area contributed by atoms with Gasteiger partial charge in [0.05, 0.1) is 12.6 Å². The number of methoxy groups -OCH3 is 1. The highest BCUT2D eigenvalue weighted by molar-refractivity contribution is 5.97. The molecule has 0 bridgehead atoms. The lowest BCUT2D eigenvalue weighted by molar-refractivity contribution is -0.129. The predicted octanol–water partition coefficient (Wildman–Crippen LogP) is 2.98. The van der Waals surface area contributed by atoms with Gasteiger partial charge in [0.25, 0.3) is 5.91 Å². The molecule has 2 aromatic rings. The Hall–Kier alpha value is -2.24. The Balaban J connectivity index is 1.87.